The van der Waals surface area contributed by atoms with Gasteiger partial charge in [0.1, 0.15) is 5.82 Å². The quantitative estimate of drug-likeness (QED) is 0.747. The van der Waals surface area contributed by atoms with Crippen LogP contribution in [0.1, 0.15) is 49.8 Å². The molecular formula is C15H22N2O3. The number of hydrogen-bond donors (Lipinski definition) is 0. The summed E-state index contributed by atoms with van der Waals surface area (Å²) < 4.78 is 6.85. The lowest BCUT2D eigenvalue weighted by atomic mass is 10.0. The maximum atomic E-state index is 12.0. The zero-order chi connectivity index (χ0) is 14.5. The van der Waals surface area contributed by atoms with Gasteiger partial charge in [0.25, 0.3) is 0 Å². The number of aryl methyl sites for hydroxylation is 2. The molecule has 0 fully saturated rings. The summed E-state index contributed by atoms with van der Waals surface area (Å²) >= 11 is 0. The SMILES string of the molecule is CCOC(=O)CCC(=O)Cn1c(C)nc2c1CCCC2. The predicted molar refractivity (Wildman–Crippen MR) is 74.5 cm³/mol. The molecule has 0 aromatic carbocycles. The molecule has 1 heterocycles. The van der Waals surface area contributed by atoms with Gasteiger partial charge in [-0.15, -0.1) is 0 Å². The first-order valence-corrected chi connectivity index (χ1v) is 7.34. The lowest BCUT2D eigenvalue weighted by molar-refractivity contribution is -0.144. The summed E-state index contributed by atoms with van der Waals surface area (Å²) in [4.78, 5) is 27.8. The van der Waals surface area contributed by atoms with Crippen LogP contribution in [0.15, 0.2) is 0 Å². The Hall–Kier alpha value is -1.65. The van der Waals surface area contributed by atoms with Gasteiger partial charge in [-0.1, -0.05) is 0 Å². The monoisotopic (exact) mass is 278 g/mol. The summed E-state index contributed by atoms with van der Waals surface area (Å²) in [5.41, 5.74) is 2.35. The highest BCUT2D eigenvalue weighted by atomic mass is 16.5. The summed E-state index contributed by atoms with van der Waals surface area (Å²) in [6.45, 7) is 4.40. The minimum absolute atomic E-state index is 0.0620. The van der Waals surface area contributed by atoms with E-state index in [0.29, 0.717) is 13.2 Å². The van der Waals surface area contributed by atoms with Crippen LogP contribution in [0.2, 0.25) is 0 Å². The number of aromatic nitrogens is 2. The Labute approximate surface area is 119 Å². The van der Waals surface area contributed by atoms with E-state index in [0.717, 1.165) is 30.8 Å². The topological polar surface area (TPSA) is 61.2 Å². The van der Waals surface area contributed by atoms with Gasteiger partial charge in [-0.25, -0.2) is 4.98 Å². The zero-order valence-corrected chi connectivity index (χ0v) is 12.3. The fourth-order valence-corrected chi connectivity index (χ4v) is 2.68. The fraction of sp³-hybridized carbons (Fsp3) is 0.667. The van der Waals surface area contributed by atoms with E-state index in [4.69, 9.17) is 4.74 Å². The van der Waals surface area contributed by atoms with Crippen LogP contribution in [0.5, 0.6) is 0 Å². The largest absolute Gasteiger partial charge is 0.466 e. The van der Waals surface area contributed by atoms with Crippen LogP contribution in [-0.2, 0) is 33.7 Å². The molecule has 5 nitrogen and oxygen atoms in total. The highest BCUT2D eigenvalue weighted by Gasteiger charge is 2.19. The van der Waals surface area contributed by atoms with Gasteiger partial charge in [-0.2, -0.15) is 0 Å². The van der Waals surface area contributed by atoms with Crippen molar-refractivity contribution in [3.05, 3.63) is 17.2 Å². The highest BCUT2D eigenvalue weighted by molar-refractivity contribution is 5.82. The number of ether oxygens (including phenoxy) is 1. The van der Waals surface area contributed by atoms with Crippen molar-refractivity contribution in [2.75, 3.05) is 6.61 Å². The molecule has 0 saturated carbocycles. The number of rotatable bonds is 6. The van der Waals surface area contributed by atoms with Gasteiger partial charge in [-0.3, -0.25) is 9.59 Å². The van der Waals surface area contributed by atoms with Gasteiger partial charge < -0.3 is 9.30 Å². The van der Waals surface area contributed by atoms with Crippen molar-refractivity contribution in [2.24, 2.45) is 0 Å². The highest BCUT2D eigenvalue weighted by Crippen LogP contribution is 2.22. The maximum Gasteiger partial charge on any atom is 0.306 e. The molecule has 0 amide bonds. The molecule has 2 rings (SSSR count). The molecule has 5 heteroatoms. The van der Waals surface area contributed by atoms with E-state index in [1.807, 2.05) is 11.5 Å². The number of ketones is 1. The van der Waals surface area contributed by atoms with E-state index in [1.165, 1.54) is 12.1 Å². The molecule has 0 saturated heterocycles. The van der Waals surface area contributed by atoms with E-state index in [1.54, 1.807) is 6.92 Å². The second-order valence-electron chi connectivity index (χ2n) is 5.19. The van der Waals surface area contributed by atoms with Gasteiger partial charge in [0.2, 0.25) is 0 Å². The van der Waals surface area contributed by atoms with Crippen LogP contribution < -0.4 is 0 Å². The zero-order valence-electron chi connectivity index (χ0n) is 12.3. The van der Waals surface area contributed by atoms with Crippen molar-refractivity contribution in [2.45, 2.75) is 58.9 Å². The molecule has 0 bridgehead atoms. The van der Waals surface area contributed by atoms with Gasteiger partial charge in [0, 0.05) is 12.1 Å². The average Bonchev–Trinajstić information content (AvgIpc) is 2.73. The van der Waals surface area contributed by atoms with Crippen molar-refractivity contribution in [1.82, 2.24) is 9.55 Å². The lowest BCUT2D eigenvalue weighted by Gasteiger charge is -2.14. The molecule has 1 aliphatic rings. The summed E-state index contributed by atoms with van der Waals surface area (Å²) in [6, 6.07) is 0. The minimum Gasteiger partial charge on any atom is -0.466 e. The van der Waals surface area contributed by atoms with Crippen molar-refractivity contribution in [3.8, 4) is 0 Å². The average molecular weight is 278 g/mol. The Kier molecular flexibility index (Phi) is 4.93. The van der Waals surface area contributed by atoms with Crippen molar-refractivity contribution < 1.29 is 14.3 Å². The smallest absolute Gasteiger partial charge is 0.306 e. The number of fused-ring (bicyclic) bond motifs is 1. The Morgan fingerprint density at radius 2 is 2.00 bits per heavy atom. The third kappa shape index (κ3) is 3.46. The van der Waals surface area contributed by atoms with Gasteiger partial charge in [0.05, 0.1) is 25.3 Å². The van der Waals surface area contributed by atoms with Crippen LogP contribution in [-0.4, -0.2) is 27.9 Å². The molecule has 1 aromatic rings. The molecule has 0 radical (unpaired) electrons. The number of imidazole rings is 1. The van der Waals surface area contributed by atoms with E-state index in [-0.39, 0.29) is 24.6 Å². The first-order valence-electron chi connectivity index (χ1n) is 7.34. The van der Waals surface area contributed by atoms with Crippen molar-refractivity contribution >= 4 is 11.8 Å². The van der Waals surface area contributed by atoms with E-state index in [9.17, 15) is 9.59 Å². The second-order valence-corrected chi connectivity index (χ2v) is 5.19. The summed E-state index contributed by atoms with van der Waals surface area (Å²) in [5.74, 6) is 0.665. The predicted octanol–water partition coefficient (Wildman–Crippen LogP) is 1.98. The van der Waals surface area contributed by atoms with Crippen molar-refractivity contribution in [3.63, 3.8) is 0 Å². The molecule has 0 spiro atoms. The molecule has 1 aliphatic carbocycles. The number of hydrogen-bond acceptors (Lipinski definition) is 4. The Morgan fingerprint density at radius 1 is 1.25 bits per heavy atom. The number of carbonyl (C=O) groups is 2. The van der Waals surface area contributed by atoms with Crippen LogP contribution in [0, 0.1) is 6.92 Å². The molecular weight excluding hydrogens is 256 g/mol. The third-order valence-corrected chi connectivity index (χ3v) is 3.67. The van der Waals surface area contributed by atoms with Crippen LogP contribution >= 0.6 is 0 Å². The standard InChI is InChI=1S/C15H22N2O3/c1-3-20-15(19)9-8-12(18)10-17-11(2)16-13-6-4-5-7-14(13)17/h3-10H2,1-2H3. The molecule has 1 aromatic heterocycles. The van der Waals surface area contributed by atoms with Crippen LogP contribution in [0.4, 0.5) is 0 Å². The fourth-order valence-electron chi connectivity index (χ4n) is 2.68. The van der Waals surface area contributed by atoms with E-state index >= 15 is 0 Å². The molecule has 0 N–H and O–H groups in total. The van der Waals surface area contributed by atoms with Gasteiger partial charge in [-0.05, 0) is 39.5 Å². The minimum atomic E-state index is -0.301. The third-order valence-electron chi connectivity index (χ3n) is 3.67. The Morgan fingerprint density at radius 3 is 2.75 bits per heavy atom. The number of Topliss-reactive ketones (excluding diaryl/α,β-unsaturated/α-hetero) is 1. The number of esters is 1. The summed E-state index contributed by atoms with van der Waals surface area (Å²) in [6.07, 6.45) is 4.77. The second kappa shape index (κ2) is 6.68. The number of nitrogens with zero attached hydrogens (tertiary/aromatic N) is 2. The molecule has 0 atom stereocenters. The summed E-state index contributed by atoms with van der Waals surface area (Å²) in [7, 11) is 0. The first-order chi connectivity index (χ1) is 9.61. The Bertz CT molecular complexity index is 505. The molecule has 20 heavy (non-hydrogen) atoms. The van der Waals surface area contributed by atoms with Crippen LogP contribution in [0.25, 0.3) is 0 Å². The maximum absolute atomic E-state index is 12.0. The molecule has 0 unspecified atom stereocenters. The van der Waals surface area contributed by atoms with E-state index < -0.39 is 0 Å². The van der Waals surface area contributed by atoms with Gasteiger partial charge in [0.15, 0.2) is 5.78 Å². The molecule has 110 valence electrons. The van der Waals surface area contributed by atoms with E-state index in [2.05, 4.69) is 4.98 Å². The van der Waals surface area contributed by atoms with Crippen LogP contribution in [0.3, 0.4) is 0 Å². The number of carbonyl (C=O) groups excluding carboxylic acids is 2. The normalized spacial score (nSPS) is 13.9. The molecule has 0 aliphatic heterocycles. The first kappa shape index (κ1) is 14.8. The Balaban J connectivity index is 1.94. The van der Waals surface area contributed by atoms with Gasteiger partial charge >= 0.3 is 5.97 Å². The lowest BCUT2D eigenvalue weighted by Crippen LogP contribution is -2.17. The summed E-state index contributed by atoms with van der Waals surface area (Å²) in [5, 5.41) is 0. The van der Waals surface area contributed by atoms with Crippen molar-refractivity contribution in [1.29, 1.82) is 0 Å².